The summed E-state index contributed by atoms with van der Waals surface area (Å²) in [5, 5.41) is 0.984. The third-order valence-corrected chi connectivity index (χ3v) is 4.93. The van der Waals surface area contributed by atoms with E-state index in [-0.39, 0.29) is 18.0 Å². The maximum absolute atomic E-state index is 12.6. The zero-order valence-electron chi connectivity index (χ0n) is 13.6. The van der Waals surface area contributed by atoms with Crippen LogP contribution in [-0.2, 0) is 27.2 Å². The number of esters is 1. The number of fused-ring (bicyclic) bond motifs is 3. The van der Waals surface area contributed by atoms with Gasteiger partial charge in [0.05, 0.1) is 18.2 Å². The molecule has 1 fully saturated rings. The minimum Gasteiger partial charge on any atom is -0.465 e. The van der Waals surface area contributed by atoms with Gasteiger partial charge in [0.2, 0.25) is 0 Å². The zero-order valence-corrected chi connectivity index (χ0v) is 13.6. The van der Waals surface area contributed by atoms with Crippen molar-refractivity contribution in [3.05, 3.63) is 35.0 Å². The Kier molecular flexibility index (Phi) is 3.76. The fourth-order valence-corrected chi connectivity index (χ4v) is 3.68. The standard InChI is InChI=1S/C18H20N2O4/c1-23-18(22)12-5-2-4-11-13-10-20(8-7-14(13)19-16(11)12)17(21)15-6-3-9-24-15/h2,4-5,15,19H,3,6-10H2,1H3. The monoisotopic (exact) mass is 328 g/mol. The van der Waals surface area contributed by atoms with Gasteiger partial charge in [-0.1, -0.05) is 12.1 Å². The molecule has 2 aliphatic heterocycles. The Bertz CT molecular complexity index is 805. The number of rotatable bonds is 2. The summed E-state index contributed by atoms with van der Waals surface area (Å²) in [6.07, 6.45) is 2.22. The summed E-state index contributed by atoms with van der Waals surface area (Å²) < 4.78 is 10.4. The smallest absolute Gasteiger partial charge is 0.339 e. The molecule has 1 amide bonds. The Morgan fingerprint density at radius 2 is 2.25 bits per heavy atom. The van der Waals surface area contributed by atoms with Crippen molar-refractivity contribution in [3.8, 4) is 0 Å². The topological polar surface area (TPSA) is 71.6 Å². The summed E-state index contributed by atoms with van der Waals surface area (Å²) >= 11 is 0. The average Bonchev–Trinajstić information content (AvgIpc) is 3.27. The number of ether oxygens (including phenoxy) is 2. The molecule has 1 N–H and O–H groups in total. The molecular weight excluding hydrogens is 308 g/mol. The second-order valence-corrected chi connectivity index (χ2v) is 6.31. The summed E-state index contributed by atoms with van der Waals surface area (Å²) in [7, 11) is 1.38. The van der Waals surface area contributed by atoms with Crippen LogP contribution in [-0.4, -0.2) is 48.1 Å². The van der Waals surface area contributed by atoms with E-state index in [1.807, 2.05) is 17.0 Å². The number of para-hydroxylation sites is 1. The Morgan fingerprint density at radius 1 is 1.38 bits per heavy atom. The Morgan fingerprint density at radius 3 is 3.00 bits per heavy atom. The van der Waals surface area contributed by atoms with Gasteiger partial charge in [0, 0.05) is 42.8 Å². The van der Waals surface area contributed by atoms with Gasteiger partial charge in [-0.15, -0.1) is 0 Å². The number of nitrogens with zero attached hydrogens (tertiary/aromatic N) is 1. The minimum absolute atomic E-state index is 0.0802. The molecule has 0 radical (unpaired) electrons. The molecule has 1 atom stereocenters. The van der Waals surface area contributed by atoms with Crippen LogP contribution in [0.15, 0.2) is 18.2 Å². The van der Waals surface area contributed by atoms with Crippen LogP contribution in [0.2, 0.25) is 0 Å². The van der Waals surface area contributed by atoms with Crippen molar-refractivity contribution in [2.24, 2.45) is 0 Å². The van der Waals surface area contributed by atoms with Crippen LogP contribution < -0.4 is 0 Å². The van der Waals surface area contributed by atoms with Crippen molar-refractivity contribution in [2.45, 2.75) is 31.9 Å². The fourth-order valence-electron chi connectivity index (χ4n) is 3.68. The normalized spacial score (nSPS) is 20.2. The van der Waals surface area contributed by atoms with E-state index in [1.165, 1.54) is 7.11 Å². The van der Waals surface area contributed by atoms with Gasteiger partial charge in [-0.2, -0.15) is 0 Å². The lowest BCUT2D eigenvalue weighted by Crippen LogP contribution is -2.41. The molecule has 0 saturated carbocycles. The zero-order chi connectivity index (χ0) is 16.7. The molecule has 1 aromatic carbocycles. The van der Waals surface area contributed by atoms with E-state index >= 15 is 0 Å². The third-order valence-electron chi connectivity index (χ3n) is 4.93. The number of H-pyrrole nitrogens is 1. The number of carbonyl (C=O) groups is 2. The van der Waals surface area contributed by atoms with Gasteiger partial charge < -0.3 is 19.4 Å². The van der Waals surface area contributed by atoms with Gasteiger partial charge in [-0.3, -0.25) is 4.79 Å². The van der Waals surface area contributed by atoms with E-state index in [0.717, 1.165) is 41.4 Å². The van der Waals surface area contributed by atoms with E-state index in [0.29, 0.717) is 25.3 Å². The first-order chi connectivity index (χ1) is 11.7. The van der Waals surface area contributed by atoms with Crippen molar-refractivity contribution in [3.63, 3.8) is 0 Å². The quantitative estimate of drug-likeness (QED) is 0.856. The van der Waals surface area contributed by atoms with Crippen molar-refractivity contribution in [1.29, 1.82) is 0 Å². The lowest BCUT2D eigenvalue weighted by molar-refractivity contribution is -0.141. The van der Waals surface area contributed by atoms with Crippen LogP contribution in [0.3, 0.4) is 0 Å². The molecule has 1 unspecified atom stereocenters. The van der Waals surface area contributed by atoms with Crippen LogP contribution in [0.1, 0.15) is 34.5 Å². The van der Waals surface area contributed by atoms with Crippen molar-refractivity contribution >= 4 is 22.8 Å². The van der Waals surface area contributed by atoms with Crippen molar-refractivity contribution in [1.82, 2.24) is 9.88 Å². The van der Waals surface area contributed by atoms with Gasteiger partial charge in [0.15, 0.2) is 0 Å². The van der Waals surface area contributed by atoms with Crippen molar-refractivity contribution < 1.29 is 19.1 Å². The summed E-state index contributed by atoms with van der Waals surface area (Å²) in [6, 6.07) is 5.59. The molecule has 0 aliphatic carbocycles. The molecule has 0 bridgehead atoms. The molecule has 3 heterocycles. The molecule has 2 aliphatic rings. The predicted octanol–water partition coefficient (Wildman–Crippen LogP) is 2.02. The molecule has 1 saturated heterocycles. The second-order valence-electron chi connectivity index (χ2n) is 6.31. The highest BCUT2D eigenvalue weighted by atomic mass is 16.5. The first-order valence-corrected chi connectivity index (χ1v) is 8.30. The number of methoxy groups -OCH3 is 1. The molecule has 6 nitrogen and oxygen atoms in total. The predicted molar refractivity (Wildman–Crippen MR) is 87.7 cm³/mol. The summed E-state index contributed by atoms with van der Waals surface area (Å²) in [5.41, 5.74) is 3.51. The van der Waals surface area contributed by atoms with E-state index in [2.05, 4.69) is 4.98 Å². The summed E-state index contributed by atoms with van der Waals surface area (Å²) in [5.74, 6) is -0.275. The first-order valence-electron chi connectivity index (χ1n) is 8.30. The first kappa shape index (κ1) is 15.2. The van der Waals surface area contributed by atoms with Crippen LogP contribution in [0.25, 0.3) is 10.9 Å². The molecule has 1 aromatic heterocycles. The molecule has 6 heteroatoms. The summed E-state index contributed by atoms with van der Waals surface area (Å²) in [6.45, 7) is 1.90. The summed E-state index contributed by atoms with van der Waals surface area (Å²) in [4.78, 5) is 29.8. The molecule has 4 rings (SSSR count). The number of hydrogen-bond acceptors (Lipinski definition) is 4. The van der Waals surface area contributed by atoms with E-state index < -0.39 is 0 Å². The Labute approximate surface area is 139 Å². The third kappa shape index (κ3) is 2.38. The SMILES string of the molecule is COC(=O)c1cccc2c3c([nH]c12)CCN(C(=O)C1CCCO1)C3. The number of hydrogen-bond donors (Lipinski definition) is 1. The number of benzene rings is 1. The lowest BCUT2D eigenvalue weighted by atomic mass is 10.0. The second kappa shape index (κ2) is 5.94. The largest absolute Gasteiger partial charge is 0.465 e. The Hall–Kier alpha value is -2.34. The number of aromatic amines is 1. The maximum Gasteiger partial charge on any atom is 0.339 e. The molecule has 0 spiro atoms. The van der Waals surface area contributed by atoms with Gasteiger partial charge in [-0.25, -0.2) is 4.79 Å². The molecule has 24 heavy (non-hydrogen) atoms. The molecule has 126 valence electrons. The van der Waals surface area contributed by atoms with Crippen LogP contribution in [0, 0.1) is 0 Å². The van der Waals surface area contributed by atoms with Crippen molar-refractivity contribution in [2.75, 3.05) is 20.3 Å². The lowest BCUT2D eigenvalue weighted by Gasteiger charge is -2.29. The van der Waals surface area contributed by atoms with Gasteiger partial charge in [-0.05, 0) is 18.9 Å². The molecular formula is C18H20N2O4. The van der Waals surface area contributed by atoms with E-state index in [9.17, 15) is 9.59 Å². The minimum atomic E-state index is -0.355. The Balaban J connectivity index is 1.68. The number of nitrogens with one attached hydrogen (secondary N) is 1. The number of aromatic nitrogens is 1. The molecule has 2 aromatic rings. The number of amides is 1. The van der Waals surface area contributed by atoms with Gasteiger partial charge in [0.25, 0.3) is 5.91 Å². The highest BCUT2D eigenvalue weighted by Crippen LogP contribution is 2.30. The average molecular weight is 328 g/mol. The van der Waals surface area contributed by atoms with Crippen LogP contribution in [0.4, 0.5) is 0 Å². The van der Waals surface area contributed by atoms with Gasteiger partial charge >= 0.3 is 5.97 Å². The number of carbonyl (C=O) groups excluding carboxylic acids is 2. The maximum atomic E-state index is 12.6. The van der Waals surface area contributed by atoms with Crippen LogP contribution >= 0.6 is 0 Å². The highest BCUT2D eigenvalue weighted by Gasteiger charge is 2.31. The fraction of sp³-hybridized carbons (Fsp3) is 0.444. The van der Waals surface area contributed by atoms with E-state index in [4.69, 9.17) is 9.47 Å². The highest BCUT2D eigenvalue weighted by molar-refractivity contribution is 6.04. The van der Waals surface area contributed by atoms with Gasteiger partial charge in [0.1, 0.15) is 6.10 Å². The van der Waals surface area contributed by atoms with Crippen LogP contribution in [0.5, 0.6) is 0 Å². The van der Waals surface area contributed by atoms with E-state index in [1.54, 1.807) is 6.07 Å².